The van der Waals surface area contributed by atoms with Gasteiger partial charge in [-0.05, 0) is 18.6 Å². The molecule has 1 aromatic heterocycles. The van der Waals surface area contributed by atoms with Gasteiger partial charge in [0, 0.05) is 24.2 Å². The fourth-order valence-corrected chi connectivity index (χ4v) is 2.36. The molecule has 2 atom stereocenters. The third-order valence-corrected chi connectivity index (χ3v) is 3.41. The van der Waals surface area contributed by atoms with E-state index in [1.54, 1.807) is 6.33 Å². The molecule has 1 aliphatic rings. The molecule has 5 nitrogen and oxygen atoms in total. The lowest BCUT2D eigenvalue weighted by Crippen LogP contribution is -2.43. The van der Waals surface area contributed by atoms with Crippen molar-refractivity contribution in [1.29, 1.82) is 0 Å². The van der Waals surface area contributed by atoms with E-state index < -0.39 is 6.23 Å². The molecule has 0 radical (unpaired) electrons. The van der Waals surface area contributed by atoms with Gasteiger partial charge in [-0.3, -0.25) is 4.79 Å². The van der Waals surface area contributed by atoms with Gasteiger partial charge in [-0.25, -0.2) is 4.98 Å². The van der Waals surface area contributed by atoms with E-state index in [9.17, 15) is 9.90 Å². The summed E-state index contributed by atoms with van der Waals surface area (Å²) in [5, 5.41) is 12.4. The minimum Gasteiger partial charge on any atom is -0.373 e. The number of nitrogens with zero attached hydrogens (tertiary/aromatic N) is 2. The number of amides is 1. The molecule has 0 bridgehead atoms. The van der Waals surface area contributed by atoms with Gasteiger partial charge in [0.25, 0.3) is 0 Å². The number of aliphatic hydroxyl groups is 1. The highest BCUT2D eigenvalue weighted by Crippen LogP contribution is 2.26. The van der Waals surface area contributed by atoms with Crippen molar-refractivity contribution < 1.29 is 9.90 Å². The molecule has 1 amide bonds. The standard InChI is InChI=1S/C14H15N3O2/c18-13-7-6-11(14(19)16-13)12-8-17(9-15-12)10-4-2-1-3-5-10/h1-5,8-9,11,14,19H,6-7H2,(H,16,18). The highest BCUT2D eigenvalue weighted by molar-refractivity contribution is 5.77. The van der Waals surface area contributed by atoms with E-state index in [1.165, 1.54) is 0 Å². The van der Waals surface area contributed by atoms with Crippen LogP contribution < -0.4 is 5.32 Å². The first-order valence-corrected chi connectivity index (χ1v) is 6.31. The zero-order valence-corrected chi connectivity index (χ0v) is 10.4. The lowest BCUT2D eigenvalue weighted by molar-refractivity contribution is -0.127. The molecule has 1 aromatic carbocycles. The minimum atomic E-state index is -0.847. The molecule has 1 fully saturated rings. The Labute approximate surface area is 110 Å². The molecule has 1 saturated heterocycles. The SMILES string of the molecule is O=C1CCC(c2cn(-c3ccccc3)cn2)C(O)N1. The molecule has 98 valence electrons. The minimum absolute atomic E-state index is 0.105. The van der Waals surface area contributed by atoms with Crippen molar-refractivity contribution in [3.63, 3.8) is 0 Å². The number of nitrogens with one attached hydrogen (secondary N) is 1. The molecular weight excluding hydrogens is 242 g/mol. The number of piperidine rings is 1. The molecule has 2 aromatic rings. The fraction of sp³-hybridized carbons (Fsp3) is 0.286. The van der Waals surface area contributed by atoms with Gasteiger partial charge in [0.1, 0.15) is 6.23 Å². The normalized spacial score (nSPS) is 23.1. The zero-order chi connectivity index (χ0) is 13.2. The number of aromatic nitrogens is 2. The fourth-order valence-electron chi connectivity index (χ4n) is 2.36. The van der Waals surface area contributed by atoms with Crippen LogP contribution in [0.4, 0.5) is 0 Å². The van der Waals surface area contributed by atoms with Gasteiger partial charge >= 0.3 is 0 Å². The molecule has 0 saturated carbocycles. The first kappa shape index (κ1) is 11.9. The Kier molecular flexibility index (Phi) is 3.05. The molecule has 1 aliphatic heterocycles. The van der Waals surface area contributed by atoms with Crippen LogP contribution in [0, 0.1) is 0 Å². The zero-order valence-electron chi connectivity index (χ0n) is 10.4. The number of carbonyl (C=O) groups excluding carboxylic acids is 1. The molecular formula is C14H15N3O2. The van der Waals surface area contributed by atoms with Crippen molar-refractivity contribution >= 4 is 5.91 Å². The monoisotopic (exact) mass is 257 g/mol. The van der Waals surface area contributed by atoms with Gasteiger partial charge in [-0.15, -0.1) is 0 Å². The second kappa shape index (κ2) is 4.85. The summed E-state index contributed by atoms with van der Waals surface area (Å²) >= 11 is 0. The molecule has 2 N–H and O–H groups in total. The molecule has 0 spiro atoms. The van der Waals surface area contributed by atoms with Gasteiger partial charge in [0.15, 0.2) is 0 Å². The Bertz CT molecular complexity index is 579. The summed E-state index contributed by atoms with van der Waals surface area (Å²) < 4.78 is 1.92. The maximum Gasteiger partial charge on any atom is 0.222 e. The summed E-state index contributed by atoms with van der Waals surface area (Å²) in [4.78, 5) is 15.5. The molecule has 19 heavy (non-hydrogen) atoms. The lowest BCUT2D eigenvalue weighted by Gasteiger charge is -2.26. The van der Waals surface area contributed by atoms with Crippen molar-refractivity contribution in [2.45, 2.75) is 25.0 Å². The Morgan fingerprint density at radius 1 is 1.32 bits per heavy atom. The first-order valence-electron chi connectivity index (χ1n) is 6.31. The average Bonchev–Trinajstić information content (AvgIpc) is 2.89. The highest BCUT2D eigenvalue weighted by Gasteiger charge is 2.29. The van der Waals surface area contributed by atoms with Crippen molar-refractivity contribution in [1.82, 2.24) is 14.9 Å². The molecule has 2 heterocycles. The second-order valence-electron chi connectivity index (χ2n) is 4.70. The number of para-hydroxylation sites is 1. The molecule has 2 unspecified atom stereocenters. The van der Waals surface area contributed by atoms with Gasteiger partial charge in [0.05, 0.1) is 12.0 Å². The number of benzene rings is 1. The van der Waals surface area contributed by atoms with E-state index in [1.807, 2.05) is 41.1 Å². The van der Waals surface area contributed by atoms with Crippen molar-refractivity contribution in [3.05, 3.63) is 48.5 Å². The number of hydrogen-bond donors (Lipinski definition) is 2. The topological polar surface area (TPSA) is 67.2 Å². The highest BCUT2D eigenvalue weighted by atomic mass is 16.3. The maximum atomic E-state index is 11.2. The molecule has 0 aliphatic carbocycles. The van der Waals surface area contributed by atoms with Crippen LogP contribution in [-0.2, 0) is 4.79 Å². The van der Waals surface area contributed by atoms with Crippen molar-refractivity contribution in [3.8, 4) is 5.69 Å². The predicted octanol–water partition coefficient (Wildman–Crippen LogP) is 1.18. The Hall–Kier alpha value is -2.14. The van der Waals surface area contributed by atoms with Gasteiger partial charge < -0.3 is 15.0 Å². The van der Waals surface area contributed by atoms with E-state index in [-0.39, 0.29) is 11.8 Å². The smallest absolute Gasteiger partial charge is 0.222 e. The summed E-state index contributed by atoms with van der Waals surface area (Å²) in [7, 11) is 0. The first-order chi connectivity index (χ1) is 9.24. The number of aliphatic hydroxyl groups excluding tert-OH is 1. The van der Waals surface area contributed by atoms with E-state index in [2.05, 4.69) is 10.3 Å². The third kappa shape index (κ3) is 2.37. The summed E-state index contributed by atoms with van der Waals surface area (Å²) in [5.74, 6) is -0.242. The van der Waals surface area contributed by atoms with Crippen LogP contribution in [0.2, 0.25) is 0 Å². The van der Waals surface area contributed by atoms with Gasteiger partial charge in [-0.1, -0.05) is 18.2 Å². The van der Waals surface area contributed by atoms with Crippen molar-refractivity contribution in [2.75, 3.05) is 0 Å². The summed E-state index contributed by atoms with van der Waals surface area (Å²) in [6, 6.07) is 9.87. The summed E-state index contributed by atoms with van der Waals surface area (Å²) in [6.45, 7) is 0. The van der Waals surface area contributed by atoms with Crippen LogP contribution in [0.25, 0.3) is 5.69 Å². The van der Waals surface area contributed by atoms with Crippen LogP contribution in [0.5, 0.6) is 0 Å². The van der Waals surface area contributed by atoms with E-state index in [0.717, 1.165) is 11.4 Å². The van der Waals surface area contributed by atoms with Crippen LogP contribution in [0.3, 0.4) is 0 Å². The predicted molar refractivity (Wildman–Crippen MR) is 69.7 cm³/mol. The molecule has 5 heteroatoms. The number of imidazole rings is 1. The molecule has 3 rings (SSSR count). The van der Waals surface area contributed by atoms with E-state index in [0.29, 0.717) is 12.8 Å². The lowest BCUT2D eigenvalue weighted by atomic mass is 9.94. The van der Waals surface area contributed by atoms with E-state index >= 15 is 0 Å². The average molecular weight is 257 g/mol. The van der Waals surface area contributed by atoms with Crippen molar-refractivity contribution in [2.24, 2.45) is 0 Å². The van der Waals surface area contributed by atoms with Crippen LogP contribution in [0.1, 0.15) is 24.5 Å². The summed E-state index contributed by atoms with van der Waals surface area (Å²) in [6.07, 6.45) is 3.84. The number of carbonyl (C=O) groups is 1. The van der Waals surface area contributed by atoms with Crippen LogP contribution >= 0.6 is 0 Å². The maximum absolute atomic E-state index is 11.2. The number of rotatable bonds is 2. The van der Waals surface area contributed by atoms with Crippen LogP contribution in [-0.4, -0.2) is 26.8 Å². The quantitative estimate of drug-likeness (QED) is 0.849. The van der Waals surface area contributed by atoms with Gasteiger partial charge in [0.2, 0.25) is 5.91 Å². The Morgan fingerprint density at radius 2 is 2.11 bits per heavy atom. The van der Waals surface area contributed by atoms with Crippen LogP contribution in [0.15, 0.2) is 42.9 Å². The summed E-state index contributed by atoms with van der Waals surface area (Å²) in [5.41, 5.74) is 1.83. The van der Waals surface area contributed by atoms with E-state index in [4.69, 9.17) is 0 Å². The Morgan fingerprint density at radius 3 is 2.84 bits per heavy atom. The largest absolute Gasteiger partial charge is 0.373 e. The van der Waals surface area contributed by atoms with Gasteiger partial charge in [-0.2, -0.15) is 0 Å². The third-order valence-electron chi connectivity index (χ3n) is 3.41. The Balaban J connectivity index is 1.84. The number of hydrogen-bond acceptors (Lipinski definition) is 3. The second-order valence-corrected chi connectivity index (χ2v) is 4.70.